The fraction of sp³-hybridized carbons (Fsp3) is 0.0175. The SMILES string of the molecule is c1ccc(-c2ccccc2-c2ccc3c(c2)c2ncccc2n3-c2ccc3c(c2)-c2cc(-n4c5ccc(-c6ccccc6-c6ccccn6)cc5c5ncccc54)ccc2C3)nc1. The normalized spacial score (nSPS) is 12.1. The molecule has 6 aromatic heterocycles. The summed E-state index contributed by atoms with van der Waals surface area (Å²) >= 11 is 0. The van der Waals surface area contributed by atoms with Gasteiger partial charge < -0.3 is 9.13 Å². The molecule has 1 aliphatic carbocycles. The number of rotatable bonds is 6. The third-order valence-corrected chi connectivity index (χ3v) is 12.8. The van der Waals surface area contributed by atoms with E-state index in [9.17, 15) is 0 Å². The van der Waals surface area contributed by atoms with Crippen LogP contribution in [0.2, 0.25) is 0 Å². The van der Waals surface area contributed by atoms with E-state index in [-0.39, 0.29) is 0 Å². The predicted octanol–water partition coefficient (Wildman–Crippen LogP) is 13.7. The number of nitrogens with zero attached hydrogens (tertiary/aromatic N) is 6. The third kappa shape index (κ3) is 5.58. The van der Waals surface area contributed by atoms with Gasteiger partial charge >= 0.3 is 0 Å². The molecule has 6 heterocycles. The minimum Gasteiger partial charge on any atom is -0.308 e. The van der Waals surface area contributed by atoms with Crippen molar-refractivity contribution >= 4 is 43.9 Å². The maximum atomic E-state index is 4.97. The van der Waals surface area contributed by atoms with E-state index in [4.69, 9.17) is 9.97 Å². The third-order valence-electron chi connectivity index (χ3n) is 12.8. The lowest BCUT2D eigenvalue weighted by Gasteiger charge is -2.13. The molecule has 13 rings (SSSR count). The maximum Gasteiger partial charge on any atom is 0.0963 e. The Morgan fingerprint density at radius 3 is 1.22 bits per heavy atom. The van der Waals surface area contributed by atoms with Gasteiger partial charge in [-0.2, -0.15) is 0 Å². The highest BCUT2D eigenvalue weighted by molar-refractivity contribution is 6.10. The van der Waals surface area contributed by atoms with Crippen molar-refractivity contribution in [3.05, 3.63) is 218 Å². The number of aromatic nitrogens is 6. The molecule has 0 fully saturated rings. The van der Waals surface area contributed by atoms with Gasteiger partial charge in [-0.25, -0.2) is 0 Å². The van der Waals surface area contributed by atoms with Crippen LogP contribution in [0.25, 0.3) is 111 Å². The molecule has 63 heavy (non-hydrogen) atoms. The number of hydrogen-bond acceptors (Lipinski definition) is 4. The van der Waals surface area contributed by atoms with E-state index in [0.29, 0.717) is 0 Å². The minimum absolute atomic E-state index is 0.896. The second-order valence-corrected chi connectivity index (χ2v) is 16.3. The first-order chi connectivity index (χ1) is 31.2. The molecule has 6 heteroatoms. The van der Waals surface area contributed by atoms with Crippen LogP contribution >= 0.6 is 0 Å². The van der Waals surface area contributed by atoms with Gasteiger partial charge in [0.15, 0.2) is 0 Å². The summed E-state index contributed by atoms with van der Waals surface area (Å²) < 4.78 is 4.74. The summed E-state index contributed by atoms with van der Waals surface area (Å²) in [6, 6.07) is 65.0. The summed E-state index contributed by atoms with van der Waals surface area (Å²) in [5, 5.41) is 2.23. The molecule has 0 saturated carbocycles. The van der Waals surface area contributed by atoms with Gasteiger partial charge in [-0.3, -0.25) is 19.9 Å². The summed E-state index contributed by atoms with van der Waals surface area (Å²) in [5.74, 6) is 0. The lowest BCUT2D eigenvalue weighted by atomic mass is 9.96. The first kappa shape index (κ1) is 35.3. The van der Waals surface area contributed by atoms with Crippen molar-refractivity contribution in [3.63, 3.8) is 0 Å². The lowest BCUT2D eigenvalue weighted by molar-refractivity contribution is 1.16. The van der Waals surface area contributed by atoms with Crippen LogP contribution in [0.1, 0.15) is 11.1 Å². The van der Waals surface area contributed by atoms with E-state index in [1.54, 1.807) is 0 Å². The molecule has 0 saturated heterocycles. The zero-order chi connectivity index (χ0) is 41.4. The Morgan fingerprint density at radius 1 is 0.317 bits per heavy atom. The largest absolute Gasteiger partial charge is 0.308 e. The molecule has 12 aromatic rings. The van der Waals surface area contributed by atoms with Crippen LogP contribution in [0.15, 0.2) is 207 Å². The minimum atomic E-state index is 0.896. The van der Waals surface area contributed by atoms with Crippen LogP contribution in [-0.4, -0.2) is 29.1 Å². The first-order valence-corrected chi connectivity index (χ1v) is 21.3. The summed E-state index contributed by atoms with van der Waals surface area (Å²) in [5.41, 5.74) is 22.5. The monoisotopic (exact) mass is 804 g/mol. The van der Waals surface area contributed by atoms with E-state index in [1.165, 1.54) is 22.3 Å². The zero-order valence-electron chi connectivity index (χ0n) is 34.0. The van der Waals surface area contributed by atoms with Gasteiger partial charge in [-0.1, -0.05) is 84.9 Å². The van der Waals surface area contributed by atoms with E-state index < -0.39 is 0 Å². The molecule has 0 amide bonds. The zero-order valence-corrected chi connectivity index (χ0v) is 34.0. The Kier molecular flexibility index (Phi) is 7.87. The standard InChI is InChI=1S/C57H36N6/c1-3-13-44(50-15-5-7-27-58-50)42(11-1)38-21-25-52-48(32-38)56-54(17-9-29-60-56)62(52)40-23-19-36-31-37-20-24-41(35-47(37)46(36)34-40)63-53-26-22-39(33-49(53)57-55(63)18-10-30-61-57)43-12-2-4-14-45(43)51-16-6-8-28-59-51/h1-30,32-35H,31H2. The summed E-state index contributed by atoms with van der Waals surface area (Å²) in [6.45, 7) is 0. The number of hydrogen-bond donors (Lipinski definition) is 0. The smallest absolute Gasteiger partial charge is 0.0963 e. The Morgan fingerprint density at radius 2 is 0.762 bits per heavy atom. The number of pyridine rings is 4. The van der Waals surface area contributed by atoms with E-state index in [2.05, 4.69) is 165 Å². The van der Waals surface area contributed by atoms with E-state index >= 15 is 0 Å². The highest BCUT2D eigenvalue weighted by Crippen LogP contribution is 2.43. The van der Waals surface area contributed by atoms with Crippen molar-refractivity contribution in [1.29, 1.82) is 0 Å². The molecular weight excluding hydrogens is 769 g/mol. The molecule has 0 spiro atoms. The molecule has 0 bridgehead atoms. The number of fused-ring (bicyclic) bond motifs is 9. The fourth-order valence-electron chi connectivity index (χ4n) is 9.94. The van der Waals surface area contributed by atoms with E-state index in [1.807, 2.05) is 61.2 Å². The molecule has 6 nitrogen and oxygen atoms in total. The van der Waals surface area contributed by atoms with Crippen LogP contribution in [0.5, 0.6) is 0 Å². The Balaban J connectivity index is 0.927. The Bertz CT molecular complexity index is 3520. The highest BCUT2D eigenvalue weighted by Gasteiger charge is 2.24. The summed E-state index contributed by atoms with van der Waals surface area (Å²) in [7, 11) is 0. The quantitative estimate of drug-likeness (QED) is 0.168. The lowest BCUT2D eigenvalue weighted by Crippen LogP contribution is -1.96. The summed E-state index contributed by atoms with van der Waals surface area (Å²) in [4.78, 5) is 19.3. The average molecular weight is 805 g/mol. The van der Waals surface area contributed by atoms with Crippen molar-refractivity contribution < 1.29 is 0 Å². The topological polar surface area (TPSA) is 61.4 Å². The van der Waals surface area contributed by atoms with Gasteiger partial charge in [0.2, 0.25) is 0 Å². The van der Waals surface area contributed by atoms with E-state index in [0.717, 1.165) is 106 Å². The molecule has 1 aliphatic rings. The van der Waals surface area contributed by atoms with Crippen molar-refractivity contribution in [2.75, 3.05) is 0 Å². The van der Waals surface area contributed by atoms with Crippen molar-refractivity contribution in [3.8, 4) is 67.3 Å². The van der Waals surface area contributed by atoms with Crippen LogP contribution in [0.3, 0.4) is 0 Å². The van der Waals surface area contributed by atoms with Crippen LogP contribution in [0.4, 0.5) is 0 Å². The Hall–Kier alpha value is -8.48. The van der Waals surface area contributed by atoms with Gasteiger partial charge in [-0.15, -0.1) is 0 Å². The molecule has 294 valence electrons. The molecule has 0 N–H and O–H groups in total. The molecule has 0 atom stereocenters. The molecule has 6 aromatic carbocycles. The van der Waals surface area contributed by atoms with Crippen LogP contribution in [0, 0.1) is 0 Å². The highest BCUT2D eigenvalue weighted by atomic mass is 15.0. The molecular formula is C57H36N6. The van der Waals surface area contributed by atoms with Gasteiger partial charge in [0.1, 0.15) is 0 Å². The Labute approximate surface area is 363 Å². The number of benzene rings is 6. The van der Waals surface area contributed by atoms with Gasteiger partial charge in [0.05, 0.1) is 44.5 Å². The average Bonchev–Trinajstić information content (AvgIpc) is 4.01. The van der Waals surface area contributed by atoms with Crippen LogP contribution in [-0.2, 0) is 6.42 Å². The van der Waals surface area contributed by atoms with Gasteiger partial charge in [-0.05, 0) is 148 Å². The first-order valence-electron chi connectivity index (χ1n) is 21.3. The summed E-state index contributed by atoms with van der Waals surface area (Å²) in [6.07, 6.45) is 8.39. The van der Waals surface area contributed by atoms with Gasteiger partial charge in [0.25, 0.3) is 0 Å². The second kappa shape index (κ2) is 14.0. The van der Waals surface area contributed by atoms with Gasteiger partial charge in [0, 0.05) is 58.1 Å². The van der Waals surface area contributed by atoms with Crippen LogP contribution < -0.4 is 0 Å². The molecule has 0 unspecified atom stereocenters. The maximum absolute atomic E-state index is 4.97. The van der Waals surface area contributed by atoms with Crippen molar-refractivity contribution in [2.24, 2.45) is 0 Å². The second-order valence-electron chi connectivity index (χ2n) is 16.3. The fourth-order valence-corrected chi connectivity index (χ4v) is 9.94. The predicted molar refractivity (Wildman–Crippen MR) is 256 cm³/mol. The van der Waals surface area contributed by atoms with Crippen molar-refractivity contribution in [2.45, 2.75) is 6.42 Å². The molecule has 0 radical (unpaired) electrons. The van der Waals surface area contributed by atoms with Crippen molar-refractivity contribution in [1.82, 2.24) is 29.1 Å². The molecule has 0 aliphatic heterocycles.